The number of methoxy groups -OCH3 is 1. The third kappa shape index (κ3) is 2.71. The number of aromatic nitrogens is 2. The third-order valence-electron chi connectivity index (χ3n) is 2.33. The topological polar surface area (TPSA) is 102 Å². The van der Waals surface area contributed by atoms with E-state index >= 15 is 0 Å². The van der Waals surface area contributed by atoms with Gasteiger partial charge in [0.1, 0.15) is 17.1 Å². The summed E-state index contributed by atoms with van der Waals surface area (Å²) in [6, 6.07) is 6.40. The van der Waals surface area contributed by atoms with Gasteiger partial charge < -0.3 is 14.6 Å². The minimum Gasteiger partial charge on any atom is -0.497 e. The molecule has 7 heteroatoms. The second-order valence-electron chi connectivity index (χ2n) is 3.53. The molecule has 0 aliphatic rings. The molecule has 0 saturated carbocycles. The number of benzene rings is 1. The highest BCUT2D eigenvalue weighted by atomic mass is 16.5. The zero-order valence-corrected chi connectivity index (χ0v) is 9.91. The second kappa shape index (κ2) is 5.21. The lowest BCUT2D eigenvalue weighted by Crippen LogP contribution is -2.13. The smallest absolute Gasteiger partial charge is 0.362 e. The van der Waals surface area contributed by atoms with Gasteiger partial charge in [-0.3, -0.25) is 5.10 Å². The van der Waals surface area contributed by atoms with Crippen molar-refractivity contribution in [1.29, 1.82) is 0 Å². The standard InChI is InChI=1S/C12H10N2O5/c1-18-7-3-2-4-8(5-7)19-12(17)10-9(11(15)16)6-13-14-10/h2-6H,1H3,(H,13,14)(H,15,16). The van der Waals surface area contributed by atoms with Gasteiger partial charge in [0.15, 0.2) is 5.69 Å². The van der Waals surface area contributed by atoms with Gasteiger partial charge in [-0.2, -0.15) is 5.10 Å². The molecule has 2 rings (SSSR count). The van der Waals surface area contributed by atoms with Gasteiger partial charge in [0, 0.05) is 6.07 Å². The van der Waals surface area contributed by atoms with Gasteiger partial charge >= 0.3 is 11.9 Å². The van der Waals surface area contributed by atoms with Crippen molar-refractivity contribution in [3.05, 3.63) is 41.7 Å². The van der Waals surface area contributed by atoms with Crippen molar-refractivity contribution < 1.29 is 24.2 Å². The van der Waals surface area contributed by atoms with E-state index in [1.165, 1.54) is 13.2 Å². The van der Waals surface area contributed by atoms with Crippen LogP contribution in [-0.2, 0) is 0 Å². The van der Waals surface area contributed by atoms with Gasteiger partial charge in [-0.1, -0.05) is 6.07 Å². The van der Waals surface area contributed by atoms with Crippen LogP contribution in [0.1, 0.15) is 20.8 Å². The fraction of sp³-hybridized carbons (Fsp3) is 0.0833. The number of rotatable bonds is 4. The van der Waals surface area contributed by atoms with E-state index in [-0.39, 0.29) is 17.0 Å². The summed E-state index contributed by atoms with van der Waals surface area (Å²) >= 11 is 0. The predicted molar refractivity (Wildman–Crippen MR) is 63.5 cm³/mol. The first-order valence-corrected chi connectivity index (χ1v) is 5.24. The molecule has 2 N–H and O–H groups in total. The third-order valence-corrected chi connectivity index (χ3v) is 2.33. The molecule has 0 amide bonds. The number of carbonyl (C=O) groups is 2. The Morgan fingerprint density at radius 1 is 1.32 bits per heavy atom. The van der Waals surface area contributed by atoms with E-state index in [0.717, 1.165) is 6.20 Å². The van der Waals surface area contributed by atoms with Crippen molar-refractivity contribution in [2.45, 2.75) is 0 Å². The number of H-pyrrole nitrogens is 1. The average molecular weight is 262 g/mol. The zero-order chi connectivity index (χ0) is 13.8. The fourth-order valence-corrected chi connectivity index (χ4v) is 1.43. The normalized spacial score (nSPS) is 9.95. The number of ether oxygens (including phenoxy) is 2. The molecule has 19 heavy (non-hydrogen) atoms. The Morgan fingerprint density at radius 3 is 2.74 bits per heavy atom. The van der Waals surface area contributed by atoms with Crippen LogP contribution in [0.5, 0.6) is 11.5 Å². The summed E-state index contributed by atoms with van der Waals surface area (Å²) in [6.07, 6.45) is 1.05. The Hall–Kier alpha value is -2.83. The average Bonchev–Trinajstić information content (AvgIpc) is 2.88. The van der Waals surface area contributed by atoms with Crippen molar-refractivity contribution in [1.82, 2.24) is 10.2 Å². The molecule has 7 nitrogen and oxygen atoms in total. The molecule has 0 aliphatic heterocycles. The zero-order valence-electron chi connectivity index (χ0n) is 9.91. The Bertz CT molecular complexity index is 620. The van der Waals surface area contributed by atoms with Gasteiger partial charge in [0.2, 0.25) is 0 Å². The lowest BCUT2D eigenvalue weighted by Gasteiger charge is -2.05. The minimum atomic E-state index is -1.26. The van der Waals surface area contributed by atoms with E-state index in [9.17, 15) is 9.59 Å². The largest absolute Gasteiger partial charge is 0.497 e. The van der Waals surface area contributed by atoms with E-state index in [1.807, 2.05) is 0 Å². The van der Waals surface area contributed by atoms with Crippen LogP contribution in [-0.4, -0.2) is 34.4 Å². The maximum atomic E-state index is 11.8. The van der Waals surface area contributed by atoms with Gasteiger partial charge in [0.05, 0.1) is 13.3 Å². The summed E-state index contributed by atoms with van der Waals surface area (Å²) in [5, 5.41) is 14.7. The maximum Gasteiger partial charge on any atom is 0.362 e. The van der Waals surface area contributed by atoms with E-state index in [1.54, 1.807) is 18.2 Å². The van der Waals surface area contributed by atoms with E-state index < -0.39 is 11.9 Å². The number of nitrogens with zero attached hydrogens (tertiary/aromatic N) is 1. The minimum absolute atomic E-state index is 0.213. The molecule has 0 unspecified atom stereocenters. The highest BCUT2D eigenvalue weighted by Crippen LogP contribution is 2.20. The summed E-state index contributed by atoms with van der Waals surface area (Å²) < 4.78 is 10.0. The molecule has 0 atom stereocenters. The highest BCUT2D eigenvalue weighted by Gasteiger charge is 2.20. The number of aromatic carboxylic acids is 1. The van der Waals surface area contributed by atoms with Crippen LogP contribution in [0.25, 0.3) is 0 Å². The fourth-order valence-electron chi connectivity index (χ4n) is 1.43. The van der Waals surface area contributed by atoms with Crippen LogP contribution in [0, 0.1) is 0 Å². The lowest BCUT2D eigenvalue weighted by molar-refractivity contribution is 0.0666. The van der Waals surface area contributed by atoms with Crippen molar-refractivity contribution in [2.75, 3.05) is 7.11 Å². The lowest BCUT2D eigenvalue weighted by atomic mass is 10.2. The molecular formula is C12H10N2O5. The number of carboxylic acids is 1. The number of carboxylic acid groups (broad SMARTS) is 1. The Kier molecular flexibility index (Phi) is 3.46. The molecule has 1 aromatic heterocycles. The second-order valence-corrected chi connectivity index (χ2v) is 3.53. The molecular weight excluding hydrogens is 252 g/mol. The van der Waals surface area contributed by atoms with Crippen LogP contribution < -0.4 is 9.47 Å². The summed E-state index contributed by atoms with van der Waals surface area (Å²) in [5.41, 5.74) is -0.455. The molecule has 0 bridgehead atoms. The number of carbonyl (C=O) groups excluding carboxylic acids is 1. The first-order valence-electron chi connectivity index (χ1n) is 5.24. The van der Waals surface area contributed by atoms with Crippen LogP contribution >= 0.6 is 0 Å². The monoisotopic (exact) mass is 262 g/mol. The number of nitrogens with one attached hydrogen (secondary N) is 1. The molecule has 0 radical (unpaired) electrons. The van der Waals surface area contributed by atoms with Gasteiger partial charge in [0.25, 0.3) is 0 Å². The molecule has 2 aromatic rings. The SMILES string of the molecule is COc1cccc(OC(=O)c2[nH]ncc2C(=O)O)c1. The van der Waals surface area contributed by atoms with Gasteiger partial charge in [-0.15, -0.1) is 0 Å². The Labute approximate surface area is 107 Å². The van der Waals surface area contributed by atoms with Crippen LogP contribution in [0.15, 0.2) is 30.5 Å². The molecule has 1 aromatic carbocycles. The molecule has 0 spiro atoms. The van der Waals surface area contributed by atoms with E-state index in [0.29, 0.717) is 5.75 Å². The number of aromatic amines is 1. The molecule has 1 heterocycles. The van der Waals surface area contributed by atoms with Crippen molar-refractivity contribution in [2.24, 2.45) is 0 Å². The van der Waals surface area contributed by atoms with Crippen molar-refractivity contribution in [3.8, 4) is 11.5 Å². The van der Waals surface area contributed by atoms with E-state index in [4.69, 9.17) is 14.6 Å². The predicted octanol–water partition coefficient (Wildman–Crippen LogP) is 1.34. The maximum absolute atomic E-state index is 11.8. The van der Waals surface area contributed by atoms with Crippen LogP contribution in [0.3, 0.4) is 0 Å². The first kappa shape index (κ1) is 12.6. The summed E-state index contributed by atoms with van der Waals surface area (Å²) in [5.74, 6) is -1.32. The van der Waals surface area contributed by atoms with Gasteiger partial charge in [-0.25, -0.2) is 9.59 Å². The first-order chi connectivity index (χ1) is 9.11. The van der Waals surface area contributed by atoms with E-state index in [2.05, 4.69) is 10.2 Å². The van der Waals surface area contributed by atoms with Crippen molar-refractivity contribution in [3.63, 3.8) is 0 Å². The number of esters is 1. The summed E-state index contributed by atoms with van der Waals surface area (Å²) in [4.78, 5) is 22.7. The molecule has 0 aliphatic carbocycles. The quantitative estimate of drug-likeness (QED) is 0.636. The Morgan fingerprint density at radius 2 is 2.05 bits per heavy atom. The van der Waals surface area contributed by atoms with Crippen molar-refractivity contribution >= 4 is 11.9 Å². The van der Waals surface area contributed by atoms with Crippen LogP contribution in [0.2, 0.25) is 0 Å². The van der Waals surface area contributed by atoms with Gasteiger partial charge in [-0.05, 0) is 12.1 Å². The highest BCUT2D eigenvalue weighted by molar-refractivity contribution is 6.01. The molecule has 0 fully saturated rings. The summed E-state index contributed by atoms with van der Waals surface area (Å²) in [7, 11) is 1.48. The molecule has 0 saturated heterocycles. The van der Waals surface area contributed by atoms with Crippen LogP contribution in [0.4, 0.5) is 0 Å². The summed E-state index contributed by atoms with van der Waals surface area (Å²) in [6.45, 7) is 0. The molecule has 98 valence electrons. The number of hydrogen-bond acceptors (Lipinski definition) is 5. The Balaban J connectivity index is 2.20. The number of hydrogen-bond donors (Lipinski definition) is 2.